The van der Waals surface area contributed by atoms with Gasteiger partial charge in [0.1, 0.15) is 0 Å². The Balaban J connectivity index is 2.34. The lowest BCUT2D eigenvalue weighted by Gasteiger charge is -1.99. The highest BCUT2D eigenvalue weighted by Gasteiger charge is 2.15. The topological polar surface area (TPSA) is 46.0 Å². The van der Waals surface area contributed by atoms with E-state index in [9.17, 15) is 8.78 Å². The molecule has 18 heavy (non-hydrogen) atoms. The zero-order valence-corrected chi connectivity index (χ0v) is 10.3. The molecule has 4 nitrogen and oxygen atoms in total. The van der Waals surface area contributed by atoms with Crippen molar-refractivity contribution in [3.8, 4) is 0 Å². The number of nitrogens with one attached hydrogen (secondary N) is 1. The summed E-state index contributed by atoms with van der Waals surface area (Å²) in [6, 6.07) is 7.50. The third kappa shape index (κ3) is 2.67. The molecule has 2 aromatic rings. The molecule has 0 spiro atoms. The van der Waals surface area contributed by atoms with E-state index in [4.69, 9.17) is 12.2 Å². The number of aromatic amines is 1. The number of benzene rings is 1. The number of hydrogen-bond acceptors (Lipinski definition) is 3. The van der Waals surface area contributed by atoms with Crippen molar-refractivity contribution in [3.05, 3.63) is 46.0 Å². The summed E-state index contributed by atoms with van der Waals surface area (Å²) in [6.45, 7) is 1.94. The van der Waals surface area contributed by atoms with Crippen molar-refractivity contribution in [3.63, 3.8) is 0 Å². The van der Waals surface area contributed by atoms with Crippen molar-refractivity contribution >= 4 is 18.4 Å². The Labute approximate surface area is 107 Å². The van der Waals surface area contributed by atoms with Gasteiger partial charge in [-0.3, -0.25) is 0 Å². The van der Waals surface area contributed by atoms with Crippen LogP contribution in [0.25, 0.3) is 0 Å². The first kappa shape index (κ1) is 12.6. The normalized spacial score (nSPS) is 11.6. The molecule has 0 radical (unpaired) electrons. The van der Waals surface area contributed by atoms with Crippen LogP contribution >= 0.6 is 12.2 Å². The maximum atomic E-state index is 12.6. The molecule has 94 valence electrons. The van der Waals surface area contributed by atoms with Crippen molar-refractivity contribution in [2.75, 3.05) is 0 Å². The van der Waals surface area contributed by atoms with E-state index in [0.29, 0.717) is 0 Å². The molecule has 0 aliphatic heterocycles. The second-order valence-electron chi connectivity index (χ2n) is 3.66. The largest absolute Gasteiger partial charge is 0.299 e. The second kappa shape index (κ2) is 5.18. The van der Waals surface area contributed by atoms with Crippen LogP contribution in [0, 0.1) is 11.7 Å². The van der Waals surface area contributed by atoms with Gasteiger partial charge in [-0.25, -0.2) is 13.9 Å². The number of halogens is 2. The summed E-state index contributed by atoms with van der Waals surface area (Å²) < 4.78 is 26.2. The Kier molecular flexibility index (Phi) is 3.61. The van der Waals surface area contributed by atoms with E-state index in [1.54, 1.807) is 0 Å². The van der Waals surface area contributed by atoms with Crippen molar-refractivity contribution in [2.45, 2.75) is 13.3 Å². The van der Waals surface area contributed by atoms with Gasteiger partial charge in [-0.2, -0.15) is 14.9 Å². The van der Waals surface area contributed by atoms with Crippen LogP contribution in [-0.4, -0.2) is 21.1 Å². The van der Waals surface area contributed by atoms with Crippen molar-refractivity contribution < 1.29 is 8.78 Å². The minimum Gasteiger partial charge on any atom is -0.250 e. The van der Waals surface area contributed by atoms with Crippen LogP contribution in [0.2, 0.25) is 0 Å². The summed E-state index contributed by atoms with van der Waals surface area (Å²) in [4.78, 5) is 0. The average molecular weight is 268 g/mol. The summed E-state index contributed by atoms with van der Waals surface area (Å²) in [7, 11) is 0. The zero-order chi connectivity index (χ0) is 13.1. The van der Waals surface area contributed by atoms with Crippen molar-refractivity contribution in [2.24, 2.45) is 5.10 Å². The molecular formula is C11H10F2N4S. The van der Waals surface area contributed by atoms with Crippen molar-refractivity contribution in [1.29, 1.82) is 0 Å². The Morgan fingerprint density at radius 2 is 2.28 bits per heavy atom. The van der Waals surface area contributed by atoms with E-state index < -0.39 is 12.2 Å². The molecule has 1 aromatic carbocycles. The number of aromatic nitrogens is 3. The molecule has 0 fully saturated rings. The number of H-pyrrole nitrogens is 1. The molecule has 0 atom stereocenters. The highest BCUT2D eigenvalue weighted by molar-refractivity contribution is 7.71. The Bertz CT molecular complexity index is 630. The van der Waals surface area contributed by atoms with Crippen LogP contribution in [0.3, 0.4) is 0 Å². The molecule has 0 aliphatic rings. The van der Waals surface area contributed by atoms with Gasteiger partial charge in [0.25, 0.3) is 6.43 Å². The third-order valence-corrected chi connectivity index (χ3v) is 2.50. The highest BCUT2D eigenvalue weighted by Crippen LogP contribution is 2.15. The highest BCUT2D eigenvalue weighted by atomic mass is 32.1. The summed E-state index contributed by atoms with van der Waals surface area (Å²) in [5.41, 5.74) is 1.86. The monoisotopic (exact) mass is 268 g/mol. The molecule has 0 unspecified atom stereocenters. The van der Waals surface area contributed by atoms with E-state index >= 15 is 0 Å². The molecule has 0 saturated carbocycles. The molecule has 0 saturated heterocycles. The lowest BCUT2D eigenvalue weighted by atomic mass is 10.2. The van der Waals surface area contributed by atoms with Gasteiger partial charge in [-0.15, -0.1) is 0 Å². The van der Waals surface area contributed by atoms with E-state index in [1.807, 2.05) is 31.2 Å². The molecule has 1 N–H and O–H groups in total. The van der Waals surface area contributed by atoms with Gasteiger partial charge in [0.05, 0.1) is 6.21 Å². The Hall–Kier alpha value is -1.89. The Morgan fingerprint density at radius 3 is 2.94 bits per heavy atom. The number of hydrogen-bond donors (Lipinski definition) is 1. The van der Waals surface area contributed by atoms with Crippen LogP contribution in [-0.2, 0) is 0 Å². The smallest absolute Gasteiger partial charge is 0.250 e. The SMILES string of the molecule is Cc1cccc(/C=N/n2c(C(F)F)n[nH]c2=S)c1. The fourth-order valence-corrected chi connectivity index (χ4v) is 1.62. The summed E-state index contributed by atoms with van der Waals surface area (Å²) in [5.74, 6) is -0.496. The average Bonchev–Trinajstić information content (AvgIpc) is 2.68. The van der Waals surface area contributed by atoms with Gasteiger partial charge in [0.15, 0.2) is 0 Å². The van der Waals surface area contributed by atoms with E-state index in [2.05, 4.69) is 15.3 Å². The number of rotatable bonds is 3. The zero-order valence-electron chi connectivity index (χ0n) is 9.47. The molecule has 2 rings (SSSR count). The van der Waals surface area contributed by atoms with Crippen LogP contribution in [0.5, 0.6) is 0 Å². The molecule has 0 amide bonds. The first-order valence-corrected chi connectivity index (χ1v) is 5.55. The quantitative estimate of drug-likeness (QED) is 0.687. The van der Waals surface area contributed by atoms with Gasteiger partial charge < -0.3 is 0 Å². The lowest BCUT2D eigenvalue weighted by molar-refractivity contribution is 0.136. The molecule has 0 aliphatic carbocycles. The van der Waals surface area contributed by atoms with Gasteiger partial charge in [-0.1, -0.05) is 29.8 Å². The summed E-state index contributed by atoms with van der Waals surface area (Å²) in [5, 5.41) is 9.63. The maximum absolute atomic E-state index is 12.6. The number of nitrogens with zero attached hydrogens (tertiary/aromatic N) is 3. The Morgan fingerprint density at radius 1 is 1.50 bits per heavy atom. The fraction of sp³-hybridized carbons (Fsp3) is 0.182. The predicted molar refractivity (Wildman–Crippen MR) is 66.5 cm³/mol. The maximum Gasteiger partial charge on any atom is 0.299 e. The van der Waals surface area contributed by atoms with Crippen LogP contribution in [0.4, 0.5) is 8.78 Å². The van der Waals surface area contributed by atoms with Gasteiger partial charge >= 0.3 is 0 Å². The van der Waals surface area contributed by atoms with Gasteiger partial charge in [0.2, 0.25) is 10.6 Å². The van der Waals surface area contributed by atoms with Crippen molar-refractivity contribution in [1.82, 2.24) is 14.9 Å². The minimum atomic E-state index is -2.73. The lowest BCUT2D eigenvalue weighted by Crippen LogP contribution is -1.99. The van der Waals surface area contributed by atoms with Crippen LogP contribution in [0.15, 0.2) is 29.4 Å². The van der Waals surface area contributed by atoms with E-state index in [0.717, 1.165) is 15.8 Å². The van der Waals surface area contributed by atoms with E-state index in [-0.39, 0.29) is 4.77 Å². The van der Waals surface area contributed by atoms with E-state index in [1.165, 1.54) is 6.21 Å². The predicted octanol–water partition coefficient (Wildman–Crippen LogP) is 3.07. The second-order valence-corrected chi connectivity index (χ2v) is 4.04. The molecule has 1 heterocycles. The molecule has 0 bridgehead atoms. The fourth-order valence-electron chi connectivity index (χ4n) is 1.43. The van der Waals surface area contributed by atoms with Gasteiger partial charge in [-0.05, 0) is 24.7 Å². The first-order valence-electron chi connectivity index (χ1n) is 5.14. The molecular weight excluding hydrogens is 258 g/mol. The van der Waals surface area contributed by atoms with Gasteiger partial charge in [0, 0.05) is 0 Å². The standard InChI is InChI=1S/C11H10F2N4S/c1-7-3-2-4-8(5-7)6-14-17-10(9(12)13)15-16-11(17)18/h2-6,9H,1H3,(H,16,18)/b14-6+. The third-order valence-electron chi connectivity index (χ3n) is 2.24. The van der Waals surface area contributed by atoms with Crippen LogP contribution in [0.1, 0.15) is 23.4 Å². The first-order chi connectivity index (χ1) is 8.58. The minimum absolute atomic E-state index is 0.0363. The number of aryl methyl sites for hydroxylation is 1. The number of alkyl halides is 2. The summed E-state index contributed by atoms with van der Waals surface area (Å²) in [6.07, 6.45) is -1.27. The van der Waals surface area contributed by atoms with Crippen LogP contribution < -0.4 is 0 Å². The molecule has 7 heteroatoms. The molecule has 1 aromatic heterocycles. The summed E-state index contributed by atoms with van der Waals surface area (Å²) >= 11 is 4.83.